The zero-order valence-electron chi connectivity index (χ0n) is 8.18. The first-order valence-electron chi connectivity index (χ1n) is 4.69. The highest BCUT2D eigenvalue weighted by atomic mass is 32.1. The van der Waals surface area contributed by atoms with E-state index in [0.29, 0.717) is 5.11 Å². The van der Waals surface area contributed by atoms with Gasteiger partial charge in [-0.2, -0.15) is 0 Å². The van der Waals surface area contributed by atoms with Crippen LogP contribution in [0.4, 0.5) is 0 Å². The van der Waals surface area contributed by atoms with E-state index in [2.05, 4.69) is 6.92 Å². The molecule has 0 radical (unpaired) electrons. The molecular weight excluding hydrogens is 168 g/mol. The summed E-state index contributed by atoms with van der Waals surface area (Å²) in [5, 5.41) is 0.505. The predicted octanol–water partition coefficient (Wildman–Crippen LogP) is 2.13. The molecule has 0 aromatic carbocycles. The minimum absolute atomic E-state index is 0.505. The minimum atomic E-state index is 0.505. The Morgan fingerprint density at radius 3 is 2.33 bits per heavy atom. The molecule has 0 aromatic rings. The summed E-state index contributed by atoms with van der Waals surface area (Å²) in [7, 11) is 1.95. The molecule has 0 atom stereocenters. The summed E-state index contributed by atoms with van der Waals surface area (Å²) in [6, 6.07) is 0. The molecule has 0 aliphatic heterocycles. The summed E-state index contributed by atoms with van der Waals surface area (Å²) >= 11 is 4.82. The zero-order valence-corrected chi connectivity index (χ0v) is 8.99. The van der Waals surface area contributed by atoms with Crippen molar-refractivity contribution in [2.75, 3.05) is 13.6 Å². The summed E-state index contributed by atoms with van der Waals surface area (Å²) in [5.74, 6) is 0. The van der Waals surface area contributed by atoms with Crippen LogP contribution in [-0.2, 0) is 0 Å². The lowest BCUT2D eigenvalue weighted by Crippen LogP contribution is -2.32. The van der Waals surface area contributed by atoms with E-state index >= 15 is 0 Å². The highest BCUT2D eigenvalue weighted by molar-refractivity contribution is 7.80. The van der Waals surface area contributed by atoms with Crippen molar-refractivity contribution >= 4 is 17.3 Å². The second kappa shape index (κ2) is 7.35. The molecular formula is C9H20N2S. The van der Waals surface area contributed by atoms with Gasteiger partial charge in [-0.1, -0.05) is 32.6 Å². The van der Waals surface area contributed by atoms with E-state index in [1.54, 1.807) is 0 Å². The lowest BCUT2D eigenvalue weighted by Gasteiger charge is -2.15. The first-order valence-corrected chi connectivity index (χ1v) is 5.10. The van der Waals surface area contributed by atoms with E-state index in [1.165, 1.54) is 32.1 Å². The summed E-state index contributed by atoms with van der Waals surface area (Å²) in [4.78, 5) is 1.93. The van der Waals surface area contributed by atoms with Crippen molar-refractivity contribution in [2.24, 2.45) is 5.73 Å². The van der Waals surface area contributed by atoms with E-state index in [4.69, 9.17) is 18.0 Å². The number of thiocarbonyl (C=S) groups is 1. The lowest BCUT2D eigenvalue weighted by molar-refractivity contribution is 0.471. The molecule has 3 heteroatoms. The van der Waals surface area contributed by atoms with Gasteiger partial charge in [0.25, 0.3) is 0 Å². The third-order valence-electron chi connectivity index (χ3n) is 1.97. The standard InChI is InChI=1S/C9H20N2S/c1-3-4-5-6-7-8-11(2)9(10)12/h3-8H2,1-2H3,(H2,10,12). The van der Waals surface area contributed by atoms with Gasteiger partial charge in [0.05, 0.1) is 0 Å². The Kier molecular flexibility index (Phi) is 7.16. The maximum atomic E-state index is 5.43. The van der Waals surface area contributed by atoms with Crippen LogP contribution in [0, 0.1) is 0 Å². The lowest BCUT2D eigenvalue weighted by atomic mass is 10.1. The predicted molar refractivity (Wildman–Crippen MR) is 58.2 cm³/mol. The second-order valence-electron chi connectivity index (χ2n) is 3.17. The molecule has 0 aromatic heterocycles. The Labute approximate surface area is 81.1 Å². The van der Waals surface area contributed by atoms with Crippen molar-refractivity contribution in [3.8, 4) is 0 Å². The second-order valence-corrected chi connectivity index (χ2v) is 3.59. The van der Waals surface area contributed by atoms with Crippen molar-refractivity contribution in [3.05, 3.63) is 0 Å². The van der Waals surface area contributed by atoms with Crippen LogP contribution in [0.1, 0.15) is 39.0 Å². The number of hydrogen-bond acceptors (Lipinski definition) is 1. The first kappa shape index (κ1) is 11.7. The van der Waals surface area contributed by atoms with Gasteiger partial charge in [-0.3, -0.25) is 0 Å². The maximum absolute atomic E-state index is 5.43. The molecule has 0 spiro atoms. The number of nitrogens with two attached hydrogens (primary N) is 1. The van der Waals surface area contributed by atoms with Crippen molar-refractivity contribution in [1.29, 1.82) is 0 Å². The molecule has 12 heavy (non-hydrogen) atoms. The van der Waals surface area contributed by atoms with Gasteiger partial charge in [0, 0.05) is 13.6 Å². The van der Waals surface area contributed by atoms with Crippen molar-refractivity contribution < 1.29 is 0 Å². The van der Waals surface area contributed by atoms with E-state index in [-0.39, 0.29) is 0 Å². The molecule has 2 N–H and O–H groups in total. The minimum Gasteiger partial charge on any atom is -0.376 e. The zero-order chi connectivity index (χ0) is 9.40. The van der Waals surface area contributed by atoms with Crippen LogP contribution in [0.5, 0.6) is 0 Å². The summed E-state index contributed by atoms with van der Waals surface area (Å²) in [6.07, 6.45) is 6.47. The number of unbranched alkanes of at least 4 members (excludes halogenated alkanes) is 4. The Hall–Kier alpha value is -0.310. The van der Waals surface area contributed by atoms with Gasteiger partial charge in [-0.15, -0.1) is 0 Å². The average Bonchev–Trinajstić information content (AvgIpc) is 2.03. The molecule has 0 heterocycles. The molecule has 0 unspecified atom stereocenters. The molecule has 0 saturated heterocycles. The number of nitrogens with zero attached hydrogens (tertiary/aromatic N) is 1. The van der Waals surface area contributed by atoms with E-state index in [0.717, 1.165) is 6.54 Å². The van der Waals surface area contributed by atoms with Gasteiger partial charge in [-0.25, -0.2) is 0 Å². The molecule has 0 fully saturated rings. The fourth-order valence-corrected chi connectivity index (χ4v) is 1.15. The maximum Gasteiger partial charge on any atom is 0.166 e. The van der Waals surface area contributed by atoms with Gasteiger partial charge in [0.15, 0.2) is 5.11 Å². The van der Waals surface area contributed by atoms with Gasteiger partial charge in [0.1, 0.15) is 0 Å². The molecule has 72 valence electrons. The fourth-order valence-electron chi connectivity index (χ4n) is 1.06. The Morgan fingerprint density at radius 1 is 1.25 bits per heavy atom. The Morgan fingerprint density at radius 2 is 1.83 bits per heavy atom. The highest BCUT2D eigenvalue weighted by Gasteiger charge is 1.97. The van der Waals surface area contributed by atoms with Gasteiger partial charge >= 0.3 is 0 Å². The van der Waals surface area contributed by atoms with E-state index < -0.39 is 0 Å². The topological polar surface area (TPSA) is 29.3 Å². The molecule has 0 bridgehead atoms. The average molecular weight is 188 g/mol. The third kappa shape index (κ3) is 6.40. The van der Waals surface area contributed by atoms with Crippen LogP contribution in [0.25, 0.3) is 0 Å². The molecule has 0 rings (SSSR count). The smallest absolute Gasteiger partial charge is 0.166 e. The monoisotopic (exact) mass is 188 g/mol. The van der Waals surface area contributed by atoms with Crippen LogP contribution >= 0.6 is 12.2 Å². The van der Waals surface area contributed by atoms with Crippen LogP contribution in [0.15, 0.2) is 0 Å². The largest absolute Gasteiger partial charge is 0.376 e. The SMILES string of the molecule is CCCCCCCN(C)C(N)=S. The molecule has 0 amide bonds. The summed E-state index contributed by atoms with van der Waals surface area (Å²) < 4.78 is 0. The molecule has 2 nitrogen and oxygen atoms in total. The van der Waals surface area contributed by atoms with E-state index in [1.807, 2.05) is 11.9 Å². The number of hydrogen-bond donors (Lipinski definition) is 1. The molecule has 0 aliphatic rings. The van der Waals surface area contributed by atoms with Gasteiger partial charge in [-0.05, 0) is 18.6 Å². The summed E-state index contributed by atoms with van der Waals surface area (Å²) in [5.41, 5.74) is 5.43. The molecule has 0 saturated carbocycles. The Balaban J connectivity index is 3.14. The van der Waals surface area contributed by atoms with E-state index in [9.17, 15) is 0 Å². The van der Waals surface area contributed by atoms with Crippen LogP contribution < -0.4 is 5.73 Å². The van der Waals surface area contributed by atoms with Crippen molar-refractivity contribution in [3.63, 3.8) is 0 Å². The Bertz CT molecular complexity index is 126. The quantitative estimate of drug-likeness (QED) is 0.511. The third-order valence-corrected chi connectivity index (χ3v) is 2.28. The van der Waals surface area contributed by atoms with Crippen LogP contribution in [0.2, 0.25) is 0 Å². The normalized spacial score (nSPS) is 9.83. The van der Waals surface area contributed by atoms with Gasteiger partial charge in [0.2, 0.25) is 0 Å². The van der Waals surface area contributed by atoms with Gasteiger partial charge < -0.3 is 10.6 Å². The molecule has 0 aliphatic carbocycles. The number of rotatable bonds is 6. The van der Waals surface area contributed by atoms with Crippen LogP contribution in [0.3, 0.4) is 0 Å². The summed E-state index contributed by atoms with van der Waals surface area (Å²) in [6.45, 7) is 3.22. The van der Waals surface area contributed by atoms with Crippen molar-refractivity contribution in [1.82, 2.24) is 4.90 Å². The first-order chi connectivity index (χ1) is 5.68. The van der Waals surface area contributed by atoms with Crippen molar-refractivity contribution in [2.45, 2.75) is 39.0 Å². The highest BCUT2D eigenvalue weighted by Crippen LogP contribution is 2.02. The fraction of sp³-hybridized carbons (Fsp3) is 0.889. The van der Waals surface area contributed by atoms with Crippen LogP contribution in [-0.4, -0.2) is 23.6 Å².